The maximum Gasteiger partial charge on any atom is 0.115 e. The van der Waals surface area contributed by atoms with E-state index in [0.717, 1.165) is 31.2 Å². The number of aromatic hydroxyl groups is 1. The van der Waals surface area contributed by atoms with Crippen LogP contribution >= 0.6 is 0 Å². The number of benzene rings is 1. The lowest BCUT2D eigenvalue weighted by molar-refractivity contribution is -0.0627. The van der Waals surface area contributed by atoms with Crippen LogP contribution in [0.2, 0.25) is 0 Å². The quantitative estimate of drug-likeness (QED) is 0.687. The van der Waals surface area contributed by atoms with Crippen LogP contribution in [0, 0.1) is 17.3 Å². The zero-order valence-electron chi connectivity index (χ0n) is 12.5. The van der Waals surface area contributed by atoms with Crippen LogP contribution in [0.15, 0.2) is 18.2 Å². The second kappa shape index (κ2) is 4.47. The Morgan fingerprint density at radius 3 is 2.76 bits per heavy atom. The first-order valence-electron chi connectivity index (χ1n) is 8.18. The minimum Gasteiger partial charge on any atom is -0.508 e. The Labute approximate surface area is 125 Å². The molecule has 3 aliphatic carbocycles. The van der Waals surface area contributed by atoms with Crippen LogP contribution < -0.4 is 0 Å². The molecule has 2 fully saturated rings. The second-order valence-corrected chi connectivity index (χ2v) is 7.58. The molecule has 0 heterocycles. The Hall–Kier alpha value is -1.06. The van der Waals surface area contributed by atoms with E-state index in [1.165, 1.54) is 5.56 Å². The van der Waals surface area contributed by atoms with E-state index in [4.69, 9.17) is 0 Å². The molecule has 1 aromatic carbocycles. The van der Waals surface area contributed by atoms with Gasteiger partial charge < -0.3 is 15.3 Å². The van der Waals surface area contributed by atoms with E-state index in [2.05, 4.69) is 6.92 Å². The zero-order chi connectivity index (χ0) is 14.8. The first-order chi connectivity index (χ1) is 10.0. The van der Waals surface area contributed by atoms with Crippen molar-refractivity contribution in [2.24, 2.45) is 17.3 Å². The summed E-state index contributed by atoms with van der Waals surface area (Å²) in [4.78, 5) is 0. The summed E-state index contributed by atoms with van der Waals surface area (Å²) in [6.45, 7) is 2.21. The largest absolute Gasteiger partial charge is 0.508 e. The van der Waals surface area contributed by atoms with Crippen molar-refractivity contribution in [3.05, 3.63) is 29.3 Å². The Kier molecular flexibility index (Phi) is 2.89. The fourth-order valence-electron chi connectivity index (χ4n) is 5.56. The maximum absolute atomic E-state index is 10.7. The van der Waals surface area contributed by atoms with Crippen LogP contribution in [-0.4, -0.2) is 27.5 Å². The molecule has 3 unspecified atom stereocenters. The summed E-state index contributed by atoms with van der Waals surface area (Å²) in [7, 11) is 0. The molecule has 3 aliphatic rings. The monoisotopic (exact) mass is 288 g/mol. The fraction of sp³-hybridized carbons (Fsp3) is 0.667. The molecule has 0 amide bonds. The van der Waals surface area contributed by atoms with E-state index < -0.39 is 0 Å². The molecule has 21 heavy (non-hydrogen) atoms. The average molecular weight is 288 g/mol. The number of hydrogen-bond acceptors (Lipinski definition) is 3. The standard InChI is InChI=1S/C18H24O3/c1-18-7-6-13-12-3-2-11(19)8-10(12)9-15(20)17(13)14(18)4-5-16(18)21/h2-3,8,13-17,19-21H,4-7,9H2,1H3/t13?,14?,15-,16+,17?,18+/m1/s1. The van der Waals surface area contributed by atoms with Gasteiger partial charge in [-0.3, -0.25) is 0 Å². The molecule has 2 saturated carbocycles. The lowest BCUT2D eigenvalue weighted by Gasteiger charge is -2.51. The van der Waals surface area contributed by atoms with Crippen LogP contribution in [0.1, 0.15) is 49.7 Å². The van der Waals surface area contributed by atoms with E-state index in [-0.39, 0.29) is 29.3 Å². The topological polar surface area (TPSA) is 60.7 Å². The molecule has 0 aromatic heterocycles. The molecule has 0 saturated heterocycles. The minimum absolute atomic E-state index is 0.0173. The molecule has 1 aromatic rings. The van der Waals surface area contributed by atoms with Crippen LogP contribution in [0.4, 0.5) is 0 Å². The lowest BCUT2D eigenvalue weighted by Crippen LogP contribution is -2.49. The van der Waals surface area contributed by atoms with Gasteiger partial charge in [0.25, 0.3) is 0 Å². The first kappa shape index (κ1) is 13.6. The van der Waals surface area contributed by atoms with Crippen molar-refractivity contribution in [3.63, 3.8) is 0 Å². The van der Waals surface area contributed by atoms with Crippen LogP contribution in [0.3, 0.4) is 0 Å². The highest BCUT2D eigenvalue weighted by Crippen LogP contribution is 2.60. The number of aliphatic hydroxyl groups excluding tert-OH is 2. The Morgan fingerprint density at radius 2 is 1.95 bits per heavy atom. The third-order valence-corrected chi connectivity index (χ3v) is 6.68. The molecule has 4 rings (SSSR count). The van der Waals surface area contributed by atoms with Crippen LogP contribution in [0.25, 0.3) is 0 Å². The van der Waals surface area contributed by atoms with E-state index in [0.29, 0.717) is 18.3 Å². The van der Waals surface area contributed by atoms with E-state index in [9.17, 15) is 15.3 Å². The predicted molar refractivity (Wildman–Crippen MR) is 80.1 cm³/mol. The van der Waals surface area contributed by atoms with Crippen molar-refractivity contribution in [2.45, 2.75) is 57.2 Å². The third-order valence-electron chi connectivity index (χ3n) is 6.68. The normalized spacial score (nSPS) is 44.8. The van der Waals surface area contributed by atoms with Crippen LogP contribution in [-0.2, 0) is 6.42 Å². The van der Waals surface area contributed by atoms with E-state index >= 15 is 0 Å². The minimum atomic E-state index is -0.348. The molecule has 3 N–H and O–H groups in total. The highest BCUT2D eigenvalue weighted by atomic mass is 16.3. The van der Waals surface area contributed by atoms with E-state index in [1.807, 2.05) is 12.1 Å². The summed E-state index contributed by atoms with van der Waals surface area (Å²) in [6, 6.07) is 5.62. The lowest BCUT2D eigenvalue weighted by atomic mass is 9.54. The molecule has 0 radical (unpaired) electrons. The highest BCUT2D eigenvalue weighted by Gasteiger charge is 2.56. The molecule has 0 aliphatic heterocycles. The van der Waals surface area contributed by atoms with Crippen molar-refractivity contribution in [2.75, 3.05) is 0 Å². The highest BCUT2D eigenvalue weighted by molar-refractivity contribution is 5.41. The number of hydrogen-bond donors (Lipinski definition) is 3. The molecule has 114 valence electrons. The fourth-order valence-corrected chi connectivity index (χ4v) is 5.56. The Balaban J connectivity index is 1.76. The third kappa shape index (κ3) is 1.80. The van der Waals surface area contributed by atoms with Crippen molar-refractivity contribution in [1.82, 2.24) is 0 Å². The number of phenolic OH excluding ortho intramolecular Hbond substituents is 1. The summed E-state index contributed by atoms with van der Waals surface area (Å²) in [5.74, 6) is 1.35. The molecular weight excluding hydrogens is 264 g/mol. The van der Waals surface area contributed by atoms with Crippen molar-refractivity contribution >= 4 is 0 Å². The SMILES string of the molecule is C[C@]12CCC3c4ccc(O)cc4C[C@@H](O)C3C1CC[C@@H]2O. The van der Waals surface area contributed by atoms with Gasteiger partial charge in [-0.15, -0.1) is 0 Å². The van der Waals surface area contributed by atoms with Gasteiger partial charge in [0.15, 0.2) is 0 Å². The summed E-state index contributed by atoms with van der Waals surface area (Å²) in [5.41, 5.74) is 2.40. The van der Waals surface area contributed by atoms with Gasteiger partial charge in [-0.2, -0.15) is 0 Å². The molecular formula is C18H24O3. The van der Waals surface area contributed by atoms with Crippen molar-refractivity contribution in [1.29, 1.82) is 0 Å². The van der Waals surface area contributed by atoms with Gasteiger partial charge in [0.05, 0.1) is 12.2 Å². The van der Waals surface area contributed by atoms with Gasteiger partial charge in [-0.1, -0.05) is 13.0 Å². The van der Waals surface area contributed by atoms with E-state index in [1.54, 1.807) is 6.07 Å². The van der Waals surface area contributed by atoms with Crippen molar-refractivity contribution < 1.29 is 15.3 Å². The Bertz CT molecular complexity index is 570. The predicted octanol–water partition coefficient (Wildman–Crippen LogP) is 2.58. The van der Waals surface area contributed by atoms with Gasteiger partial charge in [0.2, 0.25) is 0 Å². The summed E-state index contributed by atoms with van der Waals surface area (Å²) < 4.78 is 0. The summed E-state index contributed by atoms with van der Waals surface area (Å²) in [5, 5.41) is 30.8. The van der Waals surface area contributed by atoms with Crippen LogP contribution in [0.5, 0.6) is 5.75 Å². The number of phenols is 1. The zero-order valence-corrected chi connectivity index (χ0v) is 12.5. The van der Waals surface area contributed by atoms with Gasteiger partial charge in [0, 0.05) is 0 Å². The average Bonchev–Trinajstić information content (AvgIpc) is 2.74. The molecule has 3 nitrogen and oxygen atoms in total. The molecule has 0 spiro atoms. The van der Waals surface area contributed by atoms with Gasteiger partial charge in [-0.05, 0) is 78.5 Å². The number of aliphatic hydroxyl groups is 2. The second-order valence-electron chi connectivity index (χ2n) is 7.58. The summed E-state index contributed by atoms with van der Waals surface area (Å²) in [6.07, 6.45) is 4.05. The smallest absolute Gasteiger partial charge is 0.115 e. The van der Waals surface area contributed by atoms with Crippen molar-refractivity contribution in [3.8, 4) is 5.75 Å². The van der Waals surface area contributed by atoms with Gasteiger partial charge >= 0.3 is 0 Å². The molecule has 0 bridgehead atoms. The number of fused-ring (bicyclic) bond motifs is 5. The molecule has 6 atom stereocenters. The first-order valence-corrected chi connectivity index (χ1v) is 8.18. The molecule has 3 heteroatoms. The maximum atomic E-state index is 10.7. The summed E-state index contributed by atoms with van der Waals surface area (Å²) >= 11 is 0. The number of rotatable bonds is 0. The van der Waals surface area contributed by atoms with Gasteiger partial charge in [-0.25, -0.2) is 0 Å². The van der Waals surface area contributed by atoms with Gasteiger partial charge in [0.1, 0.15) is 5.75 Å². The Morgan fingerprint density at radius 1 is 1.14 bits per heavy atom.